The minimum atomic E-state index is 0.332. The van der Waals surface area contributed by atoms with Crippen LogP contribution in [0.2, 0.25) is 0 Å². The quantitative estimate of drug-likeness (QED) is 0.805. The highest BCUT2D eigenvalue weighted by Crippen LogP contribution is 2.27. The third-order valence-corrected chi connectivity index (χ3v) is 3.48. The van der Waals surface area contributed by atoms with Gasteiger partial charge in [-0.1, -0.05) is 42.1 Å². The molecule has 0 aromatic heterocycles. The Morgan fingerprint density at radius 3 is 2.64 bits per heavy atom. The zero-order valence-electron chi connectivity index (χ0n) is 8.23. The number of nitrogens with zero attached hydrogens (tertiary/aromatic N) is 1. The van der Waals surface area contributed by atoms with Crippen LogP contribution in [0.4, 0.5) is 0 Å². The van der Waals surface area contributed by atoms with Gasteiger partial charge < -0.3 is 4.90 Å². The predicted octanol–water partition coefficient (Wildman–Crippen LogP) is 2.73. The summed E-state index contributed by atoms with van der Waals surface area (Å²) < 4.78 is 0. The topological polar surface area (TPSA) is 27.1 Å². The lowest BCUT2D eigenvalue weighted by Gasteiger charge is -2.25. The Balaban J connectivity index is 2.16. The molecule has 1 heterocycles. The number of rotatable bonds is 2. The molecule has 2 rings (SSSR count). The Morgan fingerprint density at radius 1 is 1.36 bits per heavy atom. The molecule has 0 bridgehead atoms. The number of hydrogen-bond acceptors (Lipinski definition) is 2. The van der Waals surface area contributed by atoms with Crippen molar-refractivity contribution in [3.05, 3.63) is 35.9 Å². The standard InChI is InChI=1S/C11H14N2S/c1-9(10-5-3-2-4-6-10)13-7-8-14-11(13)12/h2-6,9,12H,7-8H2,1H3. The van der Waals surface area contributed by atoms with Crippen LogP contribution in [0.1, 0.15) is 18.5 Å². The number of benzene rings is 1. The van der Waals surface area contributed by atoms with Gasteiger partial charge in [-0.25, -0.2) is 0 Å². The van der Waals surface area contributed by atoms with Crippen molar-refractivity contribution in [3.63, 3.8) is 0 Å². The second-order valence-electron chi connectivity index (χ2n) is 3.43. The average molecular weight is 206 g/mol. The molecular weight excluding hydrogens is 192 g/mol. The van der Waals surface area contributed by atoms with Crippen LogP contribution in [0.5, 0.6) is 0 Å². The second-order valence-corrected chi connectivity index (χ2v) is 4.52. The number of thioether (sulfide) groups is 1. The first-order chi connectivity index (χ1) is 6.79. The average Bonchev–Trinajstić information content (AvgIpc) is 2.65. The van der Waals surface area contributed by atoms with Crippen molar-refractivity contribution in [2.75, 3.05) is 12.3 Å². The molecule has 1 fully saturated rings. The van der Waals surface area contributed by atoms with Crippen LogP contribution in [-0.2, 0) is 0 Å². The molecule has 1 aromatic rings. The van der Waals surface area contributed by atoms with Crippen molar-refractivity contribution >= 4 is 16.9 Å². The van der Waals surface area contributed by atoms with E-state index in [1.54, 1.807) is 11.8 Å². The van der Waals surface area contributed by atoms with E-state index in [1.807, 2.05) is 6.07 Å². The summed E-state index contributed by atoms with van der Waals surface area (Å²) in [6.45, 7) is 3.16. The van der Waals surface area contributed by atoms with Gasteiger partial charge in [0.2, 0.25) is 0 Å². The number of hydrogen-bond donors (Lipinski definition) is 1. The van der Waals surface area contributed by atoms with E-state index in [2.05, 4.69) is 36.1 Å². The molecule has 2 nitrogen and oxygen atoms in total. The molecule has 14 heavy (non-hydrogen) atoms. The van der Waals surface area contributed by atoms with E-state index in [9.17, 15) is 0 Å². The van der Waals surface area contributed by atoms with Crippen molar-refractivity contribution in [1.82, 2.24) is 4.90 Å². The summed E-state index contributed by atoms with van der Waals surface area (Å²) in [7, 11) is 0. The molecule has 0 radical (unpaired) electrons. The minimum Gasteiger partial charge on any atom is -0.344 e. The summed E-state index contributed by atoms with van der Waals surface area (Å²) >= 11 is 1.64. The normalized spacial score (nSPS) is 18.6. The van der Waals surface area contributed by atoms with E-state index in [1.165, 1.54) is 5.56 Å². The Kier molecular flexibility index (Phi) is 2.77. The first kappa shape index (κ1) is 9.59. The summed E-state index contributed by atoms with van der Waals surface area (Å²) in [5, 5.41) is 8.48. The van der Waals surface area contributed by atoms with Crippen LogP contribution in [0.25, 0.3) is 0 Å². The van der Waals surface area contributed by atoms with Gasteiger partial charge in [-0.15, -0.1) is 0 Å². The number of nitrogens with one attached hydrogen (secondary N) is 1. The summed E-state index contributed by atoms with van der Waals surface area (Å²) in [5.74, 6) is 1.05. The largest absolute Gasteiger partial charge is 0.344 e. The first-order valence-corrected chi connectivity index (χ1v) is 5.80. The van der Waals surface area contributed by atoms with Crippen molar-refractivity contribution < 1.29 is 0 Å². The van der Waals surface area contributed by atoms with Crippen LogP contribution < -0.4 is 0 Å². The smallest absolute Gasteiger partial charge is 0.156 e. The van der Waals surface area contributed by atoms with Gasteiger partial charge in [0.15, 0.2) is 5.17 Å². The monoisotopic (exact) mass is 206 g/mol. The molecule has 74 valence electrons. The molecule has 1 aromatic carbocycles. The fourth-order valence-electron chi connectivity index (χ4n) is 1.71. The molecule has 0 spiro atoms. The fraction of sp³-hybridized carbons (Fsp3) is 0.364. The van der Waals surface area contributed by atoms with Gasteiger partial charge in [0.25, 0.3) is 0 Å². The van der Waals surface area contributed by atoms with Crippen molar-refractivity contribution in [3.8, 4) is 0 Å². The van der Waals surface area contributed by atoms with Gasteiger partial charge in [0.05, 0.1) is 6.04 Å². The van der Waals surface area contributed by atoms with Crippen LogP contribution in [0, 0.1) is 5.41 Å². The molecule has 1 saturated heterocycles. The van der Waals surface area contributed by atoms with Crippen molar-refractivity contribution in [2.45, 2.75) is 13.0 Å². The van der Waals surface area contributed by atoms with E-state index in [0.717, 1.165) is 12.3 Å². The maximum Gasteiger partial charge on any atom is 0.156 e. The lowest BCUT2D eigenvalue weighted by Crippen LogP contribution is -2.27. The maximum atomic E-state index is 7.77. The van der Waals surface area contributed by atoms with Crippen LogP contribution in [-0.4, -0.2) is 22.4 Å². The molecule has 0 aliphatic carbocycles. The van der Waals surface area contributed by atoms with E-state index in [4.69, 9.17) is 5.41 Å². The molecule has 1 aliphatic rings. The van der Waals surface area contributed by atoms with Gasteiger partial charge >= 0.3 is 0 Å². The summed E-state index contributed by atoms with van der Waals surface area (Å²) in [4.78, 5) is 2.15. The molecule has 1 aliphatic heterocycles. The molecule has 3 heteroatoms. The van der Waals surface area contributed by atoms with Gasteiger partial charge in [-0.2, -0.15) is 0 Å². The molecule has 1 N–H and O–H groups in total. The summed E-state index contributed by atoms with van der Waals surface area (Å²) in [6, 6.07) is 10.7. The Morgan fingerprint density at radius 2 is 2.07 bits per heavy atom. The Bertz CT molecular complexity index is 323. The lowest BCUT2D eigenvalue weighted by atomic mass is 10.1. The van der Waals surface area contributed by atoms with Gasteiger partial charge in [-0.05, 0) is 12.5 Å². The van der Waals surface area contributed by atoms with Crippen molar-refractivity contribution in [1.29, 1.82) is 5.41 Å². The minimum absolute atomic E-state index is 0.332. The highest BCUT2D eigenvalue weighted by atomic mass is 32.2. The molecule has 1 atom stereocenters. The van der Waals surface area contributed by atoms with Crippen molar-refractivity contribution in [2.24, 2.45) is 0 Å². The van der Waals surface area contributed by atoms with E-state index in [0.29, 0.717) is 11.2 Å². The van der Waals surface area contributed by atoms with Crippen LogP contribution in [0.3, 0.4) is 0 Å². The third-order valence-electron chi connectivity index (χ3n) is 2.58. The predicted molar refractivity (Wildman–Crippen MR) is 61.7 cm³/mol. The summed E-state index contributed by atoms with van der Waals surface area (Å²) in [6.07, 6.45) is 0. The maximum absolute atomic E-state index is 7.77. The molecular formula is C11H14N2S. The van der Waals surface area contributed by atoms with E-state index in [-0.39, 0.29) is 0 Å². The second kappa shape index (κ2) is 4.05. The van der Waals surface area contributed by atoms with Crippen LogP contribution >= 0.6 is 11.8 Å². The van der Waals surface area contributed by atoms with E-state index >= 15 is 0 Å². The highest BCUT2D eigenvalue weighted by Gasteiger charge is 2.23. The zero-order valence-corrected chi connectivity index (χ0v) is 9.05. The Labute approximate surface area is 88.8 Å². The number of amidine groups is 1. The first-order valence-electron chi connectivity index (χ1n) is 4.82. The van der Waals surface area contributed by atoms with Crippen LogP contribution in [0.15, 0.2) is 30.3 Å². The summed E-state index contributed by atoms with van der Waals surface area (Å²) in [5.41, 5.74) is 1.29. The third kappa shape index (κ3) is 1.77. The lowest BCUT2D eigenvalue weighted by molar-refractivity contribution is 0.368. The Hall–Kier alpha value is -0.960. The van der Waals surface area contributed by atoms with Gasteiger partial charge in [0, 0.05) is 12.3 Å². The van der Waals surface area contributed by atoms with Gasteiger partial charge in [-0.3, -0.25) is 5.41 Å². The van der Waals surface area contributed by atoms with Gasteiger partial charge in [0.1, 0.15) is 0 Å². The molecule has 0 saturated carbocycles. The highest BCUT2D eigenvalue weighted by molar-refractivity contribution is 8.14. The molecule has 1 unspecified atom stereocenters. The fourth-order valence-corrected chi connectivity index (χ4v) is 2.60. The zero-order chi connectivity index (χ0) is 9.97. The van der Waals surface area contributed by atoms with E-state index < -0.39 is 0 Å². The molecule has 0 amide bonds. The SMILES string of the molecule is CC(c1ccccc1)N1CCSC1=N.